The largest absolute Gasteiger partial charge is 0.382 e. The summed E-state index contributed by atoms with van der Waals surface area (Å²) in [6.45, 7) is 0. The van der Waals surface area contributed by atoms with Gasteiger partial charge in [0.2, 0.25) is 0 Å². The summed E-state index contributed by atoms with van der Waals surface area (Å²) in [6, 6.07) is 0. The summed E-state index contributed by atoms with van der Waals surface area (Å²) in [5, 5.41) is 0. The molecule has 4 N–H and O–H groups in total. The van der Waals surface area contributed by atoms with E-state index >= 15 is 0 Å². The minimum atomic E-state index is -4.24. The van der Waals surface area contributed by atoms with Gasteiger partial charge in [-0.2, -0.15) is 0 Å². The first-order valence-electron chi connectivity index (χ1n) is 5.87. The molecule has 0 aliphatic carbocycles. The maximum atomic E-state index is 10.8. The summed E-state index contributed by atoms with van der Waals surface area (Å²) >= 11 is 0. The van der Waals surface area contributed by atoms with Crippen molar-refractivity contribution >= 4 is 24.6 Å². The van der Waals surface area contributed by atoms with Crippen LogP contribution in [-0.2, 0) is 14.0 Å². The molecular formula is C10H12N5O5P. The summed E-state index contributed by atoms with van der Waals surface area (Å²) in [7, 11) is -4.24. The molecule has 11 heteroatoms. The van der Waals surface area contributed by atoms with Gasteiger partial charge in [0.25, 0.3) is 0 Å². The molecule has 2 aromatic heterocycles. The first-order valence-corrected chi connectivity index (χ1v) is 7.67. The molecule has 112 valence electrons. The molecule has 1 aliphatic rings. The Morgan fingerprint density at radius 1 is 1.38 bits per heavy atom. The first kappa shape index (κ1) is 14.1. The van der Waals surface area contributed by atoms with Crippen molar-refractivity contribution in [2.24, 2.45) is 0 Å². The highest BCUT2D eigenvalue weighted by Crippen LogP contribution is 2.36. The molecule has 3 heterocycles. The minimum absolute atomic E-state index is 0.259. The second-order valence-electron chi connectivity index (χ2n) is 4.32. The summed E-state index contributed by atoms with van der Waals surface area (Å²) in [6.07, 6.45) is 3.92. The van der Waals surface area contributed by atoms with Gasteiger partial charge < -0.3 is 25.0 Å². The third-order valence-electron chi connectivity index (χ3n) is 2.77. The maximum Gasteiger partial charge on any atom is 0.351 e. The van der Waals surface area contributed by atoms with Gasteiger partial charge in [0, 0.05) is 0 Å². The Hall–Kier alpha value is -1.84. The van der Waals surface area contributed by atoms with Crippen LogP contribution in [-0.4, -0.2) is 41.9 Å². The van der Waals surface area contributed by atoms with Crippen molar-refractivity contribution in [2.75, 3.05) is 12.1 Å². The van der Waals surface area contributed by atoms with Gasteiger partial charge in [-0.25, -0.2) is 15.0 Å². The molecule has 3 rings (SSSR count). The Morgan fingerprint density at radius 2 is 2.19 bits per heavy atom. The Morgan fingerprint density at radius 3 is 2.95 bits per heavy atom. The van der Waals surface area contributed by atoms with Gasteiger partial charge in [-0.05, 0) is 12.2 Å². The molecule has 0 spiro atoms. The topological polar surface area (TPSA) is 146 Å². The lowest BCUT2D eigenvalue weighted by atomic mass is 10.4. The summed E-state index contributed by atoms with van der Waals surface area (Å²) in [5.74, 6) is 0.259. The van der Waals surface area contributed by atoms with Crippen molar-refractivity contribution in [1.29, 1.82) is 0 Å². The lowest BCUT2D eigenvalue weighted by Gasteiger charge is -2.16. The zero-order valence-electron chi connectivity index (χ0n) is 10.6. The third-order valence-corrected chi connectivity index (χ3v) is 3.26. The van der Waals surface area contributed by atoms with E-state index in [9.17, 15) is 4.57 Å². The third kappa shape index (κ3) is 2.94. The molecule has 0 fully saturated rings. The van der Waals surface area contributed by atoms with E-state index in [0.29, 0.717) is 11.2 Å². The number of hydrogen-bond donors (Lipinski definition) is 3. The molecule has 10 nitrogen and oxygen atoms in total. The molecule has 2 aromatic rings. The van der Waals surface area contributed by atoms with Gasteiger partial charge in [0.1, 0.15) is 11.8 Å². The number of ether oxygens (including phenoxy) is 2. The fourth-order valence-electron chi connectivity index (χ4n) is 1.89. The van der Waals surface area contributed by atoms with Crippen molar-refractivity contribution in [3.63, 3.8) is 0 Å². The molecule has 0 unspecified atom stereocenters. The second-order valence-corrected chi connectivity index (χ2v) is 5.91. The number of nitrogens with zero attached hydrogens (tertiary/aromatic N) is 4. The van der Waals surface area contributed by atoms with E-state index in [2.05, 4.69) is 15.0 Å². The average molecular weight is 313 g/mol. The molecule has 1 aliphatic heterocycles. The Bertz CT molecular complexity index is 741. The van der Waals surface area contributed by atoms with Crippen LogP contribution in [0.5, 0.6) is 0 Å². The zero-order chi connectivity index (χ0) is 15.0. The molecule has 0 amide bonds. The number of anilines is 1. The molecule has 21 heavy (non-hydrogen) atoms. The highest BCUT2D eigenvalue weighted by atomic mass is 31.2. The Kier molecular flexibility index (Phi) is 3.47. The van der Waals surface area contributed by atoms with E-state index < -0.39 is 26.5 Å². The van der Waals surface area contributed by atoms with E-state index in [-0.39, 0.29) is 5.82 Å². The number of imidazole rings is 1. The standard InChI is InChI=1S/C10H12N5O5P/c11-9-8-10(13-3-12-9)15(4-14-8)6-1-2-7(20-6)19-5-21(16,17)18/h1-4,6-7H,5H2,(H2,11,12,13)(H2,16,17,18)/t6-,7+/m1/s1. The van der Waals surface area contributed by atoms with Crippen LogP contribution in [0.25, 0.3) is 11.2 Å². The van der Waals surface area contributed by atoms with Gasteiger partial charge in [-0.15, -0.1) is 0 Å². The van der Waals surface area contributed by atoms with Gasteiger partial charge in [-0.1, -0.05) is 0 Å². The smallest absolute Gasteiger partial charge is 0.351 e. The highest BCUT2D eigenvalue weighted by Gasteiger charge is 2.25. The van der Waals surface area contributed by atoms with Crippen molar-refractivity contribution in [3.8, 4) is 0 Å². The van der Waals surface area contributed by atoms with Gasteiger partial charge in [0.05, 0.1) is 6.33 Å². The summed E-state index contributed by atoms with van der Waals surface area (Å²) < 4.78 is 22.8. The van der Waals surface area contributed by atoms with E-state index in [1.807, 2.05) is 0 Å². The monoisotopic (exact) mass is 313 g/mol. The lowest BCUT2D eigenvalue weighted by Crippen LogP contribution is -2.16. The van der Waals surface area contributed by atoms with Crippen LogP contribution in [0.4, 0.5) is 5.82 Å². The fraction of sp³-hybridized carbons (Fsp3) is 0.300. The zero-order valence-corrected chi connectivity index (χ0v) is 11.5. The average Bonchev–Trinajstić information content (AvgIpc) is 3.02. The minimum Gasteiger partial charge on any atom is -0.382 e. The van der Waals surface area contributed by atoms with E-state index in [1.165, 1.54) is 12.7 Å². The van der Waals surface area contributed by atoms with Crippen LogP contribution < -0.4 is 5.73 Å². The van der Waals surface area contributed by atoms with Crippen LogP contribution in [0.15, 0.2) is 24.8 Å². The lowest BCUT2D eigenvalue weighted by molar-refractivity contribution is -0.125. The molecule has 0 bridgehead atoms. The number of fused-ring (bicyclic) bond motifs is 1. The van der Waals surface area contributed by atoms with Crippen molar-refractivity contribution in [1.82, 2.24) is 19.5 Å². The van der Waals surface area contributed by atoms with E-state index in [0.717, 1.165) is 0 Å². The number of hydrogen-bond acceptors (Lipinski definition) is 7. The molecule has 0 aromatic carbocycles. The number of aromatic nitrogens is 4. The van der Waals surface area contributed by atoms with Crippen LogP contribution in [0.1, 0.15) is 6.23 Å². The van der Waals surface area contributed by atoms with Crippen LogP contribution in [0.3, 0.4) is 0 Å². The first-order chi connectivity index (χ1) is 9.94. The molecular weight excluding hydrogens is 301 g/mol. The van der Waals surface area contributed by atoms with Gasteiger partial charge in [0.15, 0.2) is 30.3 Å². The summed E-state index contributed by atoms with van der Waals surface area (Å²) in [4.78, 5) is 29.6. The highest BCUT2D eigenvalue weighted by molar-refractivity contribution is 7.51. The van der Waals surface area contributed by atoms with Crippen molar-refractivity contribution < 1.29 is 23.8 Å². The van der Waals surface area contributed by atoms with Crippen molar-refractivity contribution in [3.05, 3.63) is 24.8 Å². The maximum absolute atomic E-state index is 10.8. The van der Waals surface area contributed by atoms with E-state index in [1.54, 1.807) is 16.7 Å². The van der Waals surface area contributed by atoms with E-state index in [4.69, 9.17) is 25.0 Å². The van der Waals surface area contributed by atoms with Gasteiger partial charge >= 0.3 is 7.60 Å². The summed E-state index contributed by atoms with van der Waals surface area (Å²) in [5.41, 5.74) is 6.64. The Balaban J connectivity index is 1.75. The number of nitrogens with two attached hydrogens (primary N) is 1. The fourth-order valence-corrected chi connectivity index (χ4v) is 2.23. The SMILES string of the molecule is Nc1ncnc2c1ncn2[C@H]1C=C[C@@H](OCP(=O)(O)O)O1. The second kappa shape index (κ2) is 5.17. The van der Waals surface area contributed by atoms with Crippen molar-refractivity contribution in [2.45, 2.75) is 12.5 Å². The number of nitrogen functional groups attached to an aromatic ring is 1. The predicted octanol–water partition coefficient (Wildman–Crippen LogP) is -0.0286. The molecule has 0 radical (unpaired) electrons. The number of rotatable bonds is 4. The Labute approximate surface area is 118 Å². The van der Waals surface area contributed by atoms with Crippen LogP contribution in [0, 0.1) is 0 Å². The van der Waals surface area contributed by atoms with Crippen LogP contribution in [0.2, 0.25) is 0 Å². The molecule has 2 atom stereocenters. The normalized spacial score (nSPS) is 22.2. The van der Waals surface area contributed by atoms with Crippen LogP contribution >= 0.6 is 7.60 Å². The van der Waals surface area contributed by atoms with Gasteiger partial charge in [-0.3, -0.25) is 9.13 Å². The quantitative estimate of drug-likeness (QED) is 0.523. The molecule has 0 saturated heterocycles. The molecule has 0 saturated carbocycles. The predicted molar refractivity (Wildman–Crippen MR) is 70.8 cm³/mol.